The highest BCUT2D eigenvalue weighted by Gasteiger charge is 2.19. The van der Waals surface area contributed by atoms with E-state index in [1.54, 1.807) is 0 Å². The molecule has 0 atom stereocenters. The van der Waals surface area contributed by atoms with Crippen LogP contribution in [0.15, 0.2) is 56.8 Å². The molecule has 0 saturated carbocycles. The van der Waals surface area contributed by atoms with Crippen molar-refractivity contribution in [3.8, 4) is 0 Å². The zero-order valence-electron chi connectivity index (χ0n) is 15.1. The van der Waals surface area contributed by atoms with Crippen LogP contribution in [0.5, 0.6) is 0 Å². The van der Waals surface area contributed by atoms with Gasteiger partial charge in [-0.1, -0.05) is 0 Å². The molecule has 0 aliphatic carbocycles. The molecule has 13 nitrogen and oxygen atoms in total. The van der Waals surface area contributed by atoms with E-state index in [-0.39, 0.29) is 33.6 Å². The van der Waals surface area contributed by atoms with E-state index in [0.717, 1.165) is 18.2 Å². The summed E-state index contributed by atoms with van der Waals surface area (Å²) < 4.78 is 5.13. The van der Waals surface area contributed by atoms with E-state index in [1.807, 2.05) is 0 Å². The number of fused-ring (bicyclic) bond motifs is 1. The molecular weight excluding hydrogens is 402 g/mol. The van der Waals surface area contributed by atoms with Crippen molar-refractivity contribution in [1.29, 1.82) is 0 Å². The van der Waals surface area contributed by atoms with Gasteiger partial charge in [0, 0.05) is 23.6 Å². The summed E-state index contributed by atoms with van der Waals surface area (Å²) in [6, 6.07) is 8.01. The lowest BCUT2D eigenvalue weighted by atomic mass is 10.1. The summed E-state index contributed by atoms with van der Waals surface area (Å²) in [6.45, 7) is 1.42. The van der Waals surface area contributed by atoms with E-state index in [1.165, 1.54) is 31.2 Å². The van der Waals surface area contributed by atoms with Gasteiger partial charge in [0.05, 0.1) is 32.1 Å². The maximum atomic E-state index is 12.2. The van der Waals surface area contributed by atoms with Gasteiger partial charge in [-0.25, -0.2) is 4.79 Å². The standard InChI is InChI=1S/C17H11N5O8/c1-9(18-19-14-4-2-12(21(26)27)8-15(14)22(28)29)13-7-10-6-11(20(24)25)3-5-16(10)30-17(13)23/h2-8,19H,1H3/b18-9+. The highest BCUT2D eigenvalue weighted by atomic mass is 16.6. The first-order chi connectivity index (χ1) is 14.2. The molecule has 0 aliphatic rings. The van der Waals surface area contributed by atoms with Crippen molar-refractivity contribution < 1.29 is 19.2 Å². The minimum atomic E-state index is -0.816. The zero-order chi connectivity index (χ0) is 22.0. The van der Waals surface area contributed by atoms with Gasteiger partial charge in [0.15, 0.2) is 0 Å². The number of nitrogens with zero attached hydrogens (tertiary/aromatic N) is 4. The number of nitro benzene ring substituents is 3. The molecule has 0 spiro atoms. The van der Waals surface area contributed by atoms with Gasteiger partial charge < -0.3 is 4.42 Å². The summed E-state index contributed by atoms with van der Waals surface area (Å²) in [5.41, 5.74) is 0.438. The van der Waals surface area contributed by atoms with Crippen molar-refractivity contribution in [2.45, 2.75) is 6.92 Å². The lowest BCUT2D eigenvalue weighted by molar-refractivity contribution is -0.393. The largest absolute Gasteiger partial charge is 0.422 e. The number of nitrogens with one attached hydrogen (secondary N) is 1. The number of nitro groups is 3. The van der Waals surface area contributed by atoms with Gasteiger partial charge in [-0.05, 0) is 25.1 Å². The number of rotatable bonds is 6. The Bertz CT molecular complexity index is 1300. The van der Waals surface area contributed by atoms with E-state index in [4.69, 9.17) is 4.42 Å². The maximum Gasteiger partial charge on any atom is 0.345 e. The van der Waals surface area contributed by atoms with E-state index in [2.05, 4.69) is 10.5 Å². The second-order valence-corrected chi connectivity index (χ2v) is 5.95. The Morgan fingerprint density at radius 3 is 2.20 bits per heavy atom. The van der Waals surface area contributed by atoms with Gasteiger partial charge >= 0.3 is 11.3 Å². The number of hydrogen-bond donors (Lipinski definition) is 1. The third-order valence-electron chi connectivity index (χ3n) is 4.05. The summed E-state index contributed by atoms with van der Waals surface area (Å²) in [7, 11) is 0. The monoisotopic (exact) mass is 413 g/mol. The third kappa shape index (κ3) is 3.94. The molecule has 0 fully saturated rings. The average Bonchev–Trinajstić information content (AvgIpc) is 2.70. The highest BCUT2D eigenvalue weighted by Crippen LogP contribution is 2.29. The highest BCUT2D eigenvalue weighted by molar-refractivity contribution is 6.01. The molecule has 0 saturated heterocycles. The van der Waals surface area contributed by atoms with E-state index in [9.17, 15) is 35.1 Å². The Morgan fingerprint density at radius 2 is 1.57 bits per heavy atom. The predicted molar refractivity (Wildman–Crippen MR) is 105 cm³/mol. The van der Waals surface area contributed by atoms with Crippen LogP contribution in [0.1, 0.15) is 12.5 Å². The van der Waals surface area contributed by atoms with Crippen LogP contribution in [0.25, 0.3) is 11.0 Å². The number of hydrazone groups is 1. The molecule has 0 radical (unpaired) electrons. The van der Waals surface area contributed by atoms with Crippen molar-refractivity contribution in [3.63, 3.8) is 0 Å². The maximum absolute atomic E-state index is 12.2. The minimum absolute atomic E-state index is 0.0277. The van der Waals surface area contributed by atoms with Crippen molar-refractivity contribution in [1.82, 2.24) is 0 Å². The number of anilines is 1. The van der Waals surface area contributed by atoms with Crippen LogP contribution in [0, 0.1) is 30.3 Å². The van der Waals surface area contributed by atoms with E-state index < -0.39 is 31.8 Å². The van der Waals surface area contributed by atoms with Gasteiger partial charge in [0.25, 0.3) is 11.4 Å². The summed E-state index contributed by atoms with van der Waals surface area (Å²) in [4.78, 5) is 42.9. The number of benzene rings is 2. The van der Waals surface area contributed by atoms with E-state index in [0.29, 0.717) is 0 Å². The Hall–Kier alpha value is -4.68. The van der Waals surface area contributed by atoms with Gasteiger partial charge in [-0.15, -0.1) is 0 Å². The molecule has 30 heavy (non-hydrogen) atoms. The first kappa shape index (κ1) is 20.1. The summed E-state index contributed by atoms with van der Waals surface area (Å²) >= 11 is 0. The second-order valence-electron chi connectivity index (χ2n) is 5.95. The van der Waals surface area contributed by atoms with Crippen LogP contribution < -0.4 is 11.1 Å². The zero-order valence-corrected chi connectivity index (χ0v) is 15.1. The SMILES string of the molecule is C/C(=N\Nc1ccc([N+](=O)[O-])cc1[N+](=O)[O-])c1cc2cc([N+](=O)[O-])ccc2oc1=O. The molecule has 0 amide bonds. The lowest BCUT2D eigenvalue weighted by Gasteiger charge is -2.05. The molecule has 1 heterocycles. The van der Waals surface area contributed by atoms with Crippen molar-refractivity contribution >= 4 is 39.4 Å². The van der Waals surface area contributed by atoms with Gasteiger partial charge in [0.2, 0.25) is 0 Å². The van der Waals surface area contributed by atoms with Crippen molar-refractivity contribution in [3.05, 3.63) is 88.8 Å². The molecule has 3 aromatic rings. The average molecular weight is 413 g/mol. The number of hydrogen-bond acceptors (Lipinski definition) is 10. The normalized spacial score (nSPS) is 11.3. The molecule has 0 bridgehead atoms. The Morgan fingerprint density at radius 1 is 0.933 bits per heavy atom. The lowest BCUT2D eigenvalue weighted by Crippen LogP contribution is -2.13. The van der Waals surface area contributed by atoms with Crippen LogP contribution in [0.4, 0.5) is 22.7 Å². The molecule has 1 N–H and O–H groups in total. The van der Waals surface area contributed by atoms with Crippen LogP contribution in [0.3, 0.4) is 0 Å². The summed E-state index contributed by atoms with van der Waals surface area (Å²) in [6.07, 6.45) is 0. The Labute approximate surface area is 165 Å². The quantitative estimate of drug-likeness (QED) is 0.274. The van der Waals surface area contributed by atoms with Gasteiger partial charge in [0.1, 0.15) is 11.3 Å². The molecule has 152 valence electrons. The first-order valence-electron chi connectivity index (χ1n) is 8.13. The van der Waals surface area contributed by atoms with Gasteiger partial charge in [-0.2, -0.15) is 5.10 Å². The smallest absolute Gasteiger partial charge is 0.345 e. The minimum Gasteiger partial charge on any atom is -0.422 e. The molecule has 2 aromatic carbocycles. The summed E-state index contributed by atoms with van der Waals surface area (Å²) in [5, 5.41) is 37.1. The van der Waals surface area contributed by atoms with E-state index >= 15 is 0 Å². The Balaban J connectivity index is 1.99. The molecule has 3 rings (SSSR count). The topological polar surface area (TPSA) is 184 Å². The van der Waals surface area contributed by atoms with Crippen molar-refractivity contribution in [2.24, 2.45) is 5.10 Å². The molecular formula is C17H11N5O8. The van der Waals surface area contributed by atoms with Crippen LogP contribution in [-0.2, 0) is 0 Å². The second kappa shape index (κ2) is 7.75. The first-order valence-corrected chi connectivity index (χ1v) is 8.13. The van der Waals surface area contributed by atoms with Crippen molar-refractivity contribution in [2.75, 3.05) is 5.43 Å². The number of non-ortho nitro benzene ring substituents is 2. The fourth-order valence-corrected chi connectivity index (χ4v) is 2.56. The fourth-order valence-electron chi connectivity index (χ4n) is 2.56. The molecule has 0 unspecified atom stereocenters. The molecule has 13 heteroatoms. The molecule has 1 aromatic heterocycles. The molecule has 0 aliphatic heterocycles. The van der Waals surface area contributed by atoms with Crippen LogP contribution in [-0.4, -0.2) is 20.5 Å². The fraction of sp³-hybridized carbons (Fsp3) is 0.0588. The predicted octanol–water partition coefficient (Wildman–Crippen LogP) is 3.35. The van der Waals surface area contributed by atoms with Crippen LogP contribution >= 0.6 is 0 Å². The third-order valence-corrected chi connectivity index (χ3v) is 4.05. The van der Waals surface area contributed by atoms with Gasteiger partial charge in [-0.3, -0.25) is 35.8 Å². The Kier molecular flexibility index (Phi) is 5.18. The van der Waals surface area contributed by atoms with Crippen LogP contribution in [0.2, 0.25) is 0 Å². The summed E-state index contributed by atoms with van der Waals surface area (Å²) in [5.74, 6) is 0.